The Hall–Kier alpha value is -1.53. The van der Waals surface area contributed by atoms with Crippen molar-refractivity contribution in [3.05, 3.63) is 57.6 Å². The molecule has 0 spiro atoms. The molecule has 31 heavy (non-hydrogen) atoms. The van der Waals surface area contributed by atoms with Crippen LogP contribution in [0.15, 0.2) is 24.3 Å². The molecule has 0 heterocycles. The molecule has 2 rings (SSSR count). The molecule has 0 bridgehead atoms. The number of hydrogen-bond acceptors (Lipinski definition) is 2. The normalized spacial score (nSPS) is 12.3. The van der Waals surface area contributed by atoms with E-state index in [1.54, 1.807) is 0 Å². The van der Waals surface area contributed by atoms with Crippen molar-refractivity contribution < 1.29 is 0 Å². The van der Waals surface area contributed by atoms with E-state index in [-0.39, 0.29) is 0 Å². The van der Waals surface area contributed by atoms with Crippen molar-refractivity contribution in [2.24, 2.45) is 0 Å². The first-order chi connectivity index (χ1) is 14.1. The van der Waals surface area contributed by atoms with Crippen LogP contribution in [0.4, 0.5) is 11.4 Å². The third-order valence-electron chi connectivity index (χ3n) is 6.19. The fourth-order valence-electron chi connectivity index (χ4n) is 5.15. The zero-order valence-electron chi connectivity index (χ0n) is 22.3. The van der Waals surface area contributed by atoms with Gasteiger partial charge in [-0.15, -0.1) is 0 Å². The summed E-state index contributed by atoms with van der Waals surface area (Å²) in [4.78, 5) is 0. The van der Waals surface area contributed by atoms with Gasteiger partial charge in [0.2, 0.25) is 0 Å². The molecule has 172 valence electrons. The van der Waals surface area contributed by atoms with Gasteiger partial charge >= 0.3 is 0 Å². The molecule has 0 aliphatic carbocycles. The van der Waals surface area contributed by atoms with E-state index in [2.05, 4.69) is 114 Å². The van der Waals surface area contributed by atoms with Gasteiger partial charge in [-0.25, -0.2) is 0 Å². The first-order valence-corrected chi connectivity index (χ1v) is 18.7. The highest BCUT2D eigenvalue weighted by atomic mass is 28.3. The van der Waals surface area contributed by atoms with Gasteiger partial charge in [-0.1, -0.05) is 74.7 Å². The maximum atomic E-state index is 2.77. The van der Waals surface area contributed by atoms with Crippen molar-refractivity contribution >= 4 is 27.8 Å². The van der Waals surface area contributed by atoms with Crippen LogP contribution in [0.2, 0.25) is 39.3 Å². The summed E-state index contributed by atoms with van der Waals surface area (Å²) in [5, 5.41) is 0. The van der Waals surface area contributed by atoms with Crippen LogP contribution >= 0.6 is 0 Å². The average molecular weight is 455 g/mol. The molecule has 2 nitrogen and oxygen atoms in total. The molecule has 0 fully saturated rings. The van der Waals surface area contributed by atoms with E-state index in [4.69, 9.17) is 0 Å². The van der Waals surface area contributed by atoms with E-state index in [1.807, 2.05) is 0 Å². The van der Waals surface area contributed by atoms with Crippen molar-refractivity contribution in [1.29, 1.82) is 0 Å². The third kappa shape index (κ3) is 6.26. The van der Waals surface area contributed by atoms with Gasteiger partial charge in [-0.3, -0.25) is 0 Å². The fraction of sp³-hybridized carbons (Fsp3) is 0.556. The zero-order valence-corrected chi connectivity index (χ0v) is 24.3. The van der Waals surface area contributed by atoms with E-state index in [1.165, 1.54) is 51.2 Å². The van der Waals surface area contributed by atoms with E-state index in [9.17, 15) is 0 Å². The van der Waals surface area contributed by atoms with E-state index in [0.717, 1.165) is 13.1 Å². The standard InChI is InChI=1S/C27H46N2Si2/c1-20-16-22(3)26(23(4)17-20)28(30(7,8)9)14-13-15-29(31(10,11)12)27-24(5)18-21(2)19-25(27)6/h16-19H,13-15H2,1-12H3. The second kappa shape index (κ2) is 9.54. The number of anilines is 2. The summed E-state index contributed by atoms with van der Waals surface area (Å²) >= 11 is 0. The molecule has 0 amide bonds. The highest BCUT2D eigenvalue weighted by molar-refractivity contribution is 6.80. The summed E-state index contributed by atoms with van der Waals surface area (Å²) < 4.78 is 5.54. The zero-order chi connectivity index (χ0) is 23.7. The SMILES string of the molecule is Cc1cc(C)c(N(CCCN(c2c(C)cc(C)cc2C)[Si](C)(C)C)[Si](C)(C)C)c(C)c1. The Bertz CT molecular complexity index is 798. The van der Waals surface area contributed by atoms with Gasteiger partial charge in [-0.2, -0.15) is 0 Å². The first-order valence-electron chi connectivity index (χ1n) is 11.8. The topological polar surface area (TPSA) is 6.48 Å². The minimum absolute atomic E-state index is 1.13. The van der Waals surface area contributed by atoms with Crippen LogP contribution in [0.5, 0.6) is 0 Å². The Kier molecular flexibility index (Phi) is 7.92. The van der Waals surface area contributed by atoms with E-state index >= 15 is 0 Å². The van der Waals surface area contributed by atoms with Gasteiger partial charge in [-0.05, 0) is 70.2 Å². The lowest BCUT2D eigenvalue weighted by atomic mass is 10.0. The molecule has 0 saturated heterocycles. The Morgan fingerprint density at radius 3 is 1.00 bits per heavy atom. The van der Waals surface area contributed by atoms with Crippen molar-refractivity contribution in [2.45, 2.75) is 87.2 Å². The molecule has 0 atom stereocenters. The maximum absolute atomic E-state index is 2.77. The molecule has 0 radical (unpaired) electrons. The molecule has 0 unspecified atom stereocenters. The summed E-state index contributed by atoms with van der Waals surface area (Å²) in [5.41, 5.74) is 11.4. The van der Waals surface area contributed by atoms with Gasteiger partial charge in [0.15, 0.2) is 0 Å². The number of benzene rings is 2. The molecule has 0 N–H and O–H groups in total. The maximum Gasteiger partial charge on any atom is 0.147 e. The van der Waals surface area contributed by atoms with Crippen LogP contribution in [-0.2, 0) is 0 Å². The summed E-state index contributed by atoms with van der Waals surface area (Å²) in [5.74, 6) is 0. The Morgan fingerprint density at radius 2 is 0.774 bits per heavy atom. The van der Waals surface area contributed by atoms with Gasteiger partial charge in [0.05, 0.1) is 0 Å². The summed E-state index contributed by atoms with van der Waals surface area (Å²) in [6, 6.07) is 9.40. The Balaban J connectivity index is 2.34. The monoisotopic (exact) mass is 454 g/mol. The van der Waals surface area contributed by atoms with Crippen LogP contribution in [-0.4, -0.2) is 29.6 Å². The quantitative estimate of drug-likeness (QED) is 0.374. The number of rotatable bonds is 8. The lowest BCUT2D eigenvalue weighted by Gasteiger charge is -2.42. The molecule has 2 aromatic rings. The summed E-state index contributed by atoms with van der Waals surface area (Å²) in [6.45, 7) is 30.7. The molecule has 4 heteroatoms. The second-order valence-corrected chi connectivity index (χ2v) is 21.3. The highest BCUT2D eigenvalue weighted by Gasteiger charge is 2.29. The third-order valence-corrected chi connectivity index (χ3v) is 10.3. The molecule has 0 saturated carbocycles. The van der Waals surface area contributed by atoms with Crippen molar-refractivity contribution in [1.82, 2.24) is 0 Å². The number of nitrogens with zero attached hydrogens (tertiary/aromatic N) is 2. The minimum Gasteiger partial charge on any atom is -0.397 e. The van der Waals surface area contributed by atoms with E-state index in [0.29, 0.717) is 0 Å². The van der Waals surface area contributed by atoms with Gasteiger partial charge < -0.3 is 9.13 Å². The van der Waals surface area contributed by atoms with Crippen molar-refractivity contribution in [2.75, 3.05) is 22.2 Å². The lowest BCUT2D eigenvalue weighted by Crippen LogP contribution is -2.51. The predicted octanol–water partition coefficient (Wildman–Crippen LogP) is 7.91. The molecule has 0 aromatic heterocycles. The molecule has 2 aromatic carbocycles. The van der Waals surface area contributed by atoms with Crippen molar-refractivity contribution in [3.8, 4) is 0 Å². The van der Waals surface area contributed by atoms with Gasteiger partial charge in [0.25, 0.3) is 0 Å². The van der Waals surface area contributed by atoms with Crippen molar-refractivity contribution in [3.63, 3.8) is 0 Å². The summed E-state index contributed by atoms with van der Waals surface area (Å²) in [6.07, 6.45) is 1.19. The van der Waals surface area contributed by atoms with Crippen LogP contribution in [0, 0.1) is 41.5 Å². The Morgan fingerprint density at radius 1 is 0.516 bits per heavy atom. The number of aryl methyl sites for hydroxylation is 6. The van der Waals surface area contributed by atoms with Crippen LogP contribution in [0.1, 0.15) is 39.8 Å². The van der Waals surface area contributed by atoms with Crippen LogP contribution in [0.25, 0.3) is 0 Å². The second-order valence-electron chi connectivity index (χ2n) is 11.5. The minimum atomic E-state index is -1.51. The molecular formula is C27H46N2Si2. The average Bonchev–Trinajstić information content (AvgIpc) is 2.55. The van der Waals surface area contributed by atoms with Gasteiger partial charge in [0, 0.05) is 24.5 Å². The molecule has 0 aliphatic heterocycles. The van der Waals surface area contributed by atoms with Gasteiger partial charge in [0.1, 0.15) is 16.5 Å². The van der Waals surface area contributed by atoms with Crippen LogP contribution in [0.3, 0.4) is 0 Å². The molecular weight excluding hydrogens is 408 g/mol. The summed E-state index contributed by atoms with van der Waals surface area (Å²) in [7, 11) is -3.02. The largest absolute Gasteiger partial charge is 0.397 e. The first kappa shape index (κ1) is 25.7. The smallest absolute Gasteiger partial charge is 0.147 e. The number of hydrogen-bond donors (Lipinski definition) is 0. The lowest BCUT2D eigenvalue weighted by molar-refractivity contribution is 0.810. The fourth-order valence-corrected chi connectivity index (χ4v) is 8.85. The Labute approximate surface area is 194 Å². The molecule has 0 aliphatic rings. The van der Waals surface area contributed by atoms with Crippen LogP contribution < -0.4 is 9.13 Å². The predicted molar refractivity (Wildman–Crippen MR) is 147 cm³/mol. The van der Waals surface area contributed by atoms with E-state index < -0.39 is 16.5 Å². The highest BCUT2D eigenvalue weighted by Crippen LogP contribution is 2.33.